The van der Waals surface area contributed by atoms with Crippen LogP contribution in [-0.2, 0) is 11.3 Å². The van der Waals surface area contributed by atoms with Crippen LogP contribution in [0.25, 0.3) is 0 Å². The molecule has 2 atom stereocenters. The number of rotatable bonds is 4. The summed E-state index contributed by atoms with van der Waals surface area (Å²) in [7, 11) is 2.14. The Labute approximate surface area is 148 Å². The molecule has 5 nitrogen and oxygen atoms in total. The molecular formula is C18H27N3O2S. The number of hydrogen-bond acceptors (Lipinski definition) is 5. The van der Waals surface area contributed by atoms with E-state index in [4.69, 9.17) is 0 Å². The van der Waals surface area contributed by atoms with Gasteiger partial charge in [-0.2, -0.15) is 11.8 Å². The van der Waals surface area contributed by atoms with Gasteiger partial charge >= 0.3 is 0 Å². The smallest absolute Gasteiger partial charge is 0.255 e. The van der Waals surface area contributed by atoms with Crippen molar-refractivity contribution in [2.75, 3.05) is 31.6 Å². The first-order valence-corrected chi connectivity index (χ1v) is 9.94. The Hall–Kier alpha value is -1.11. The average molecular weight is 350 g/mol. The van der Waals surface area contributed by atoms with Gasteiger partial charge in [0.2, 0.25) is 0 Å². The molecule has 1 N–H and O–H groups in total. The van der Waals surface area contributed by atoms with Gasteiger partial charge < -0.3 is 10.0 Å². The molecule has 6 heteroatoms. The summed E-state index contributed by atoms with van der Waals surface area (Å²) in [6, 6.07) is 6.46. The third-order valence-electron chi connectivity index (χ3n) is 5.14. The third kappa shape index (κ3) is 4.10. The highest BCUT2D eigenvalue weighted by Gasteiger charge is 2.42. The summed E-state index contributed by atoms with van der Waals surface area (Å²) in [5, 5.41) is 10.5. The normalized spacial score (nSPS) is 28.1. The molecule has 0 aliphatic carbocycles. The van der Waals surface area contributed by atoms with Crippen LogP contribution in [0, 0.1) is 0 Å². The summed E-state index contributed by atoms with van der Waals surface area (Å²) in [5.41, 5.74) is -0.0425. The maximum absolute atomic E-state index is 12.7. The quantitative estimate of drug-likeness (QED) is 0.898. The number of thioether (sulfide) groups is 1. The second-order valence-electron chi connectivity index (χ2n) is 6.95. The molecule has 0 radical (unpaired) electrons. The van der Waals surface area contributed by atoms with Gasteiger partial charge in [0.1, 0.15) is 0 Å². The van der Waals surface area contributed by atoms with E-state index in [1.165, 1.54) is 0 Å². The number of pyridine rings is 1. The topological polar surface area (TPSA) is 56.7 Å². The number of amides is 1. The molecule has 0 saturated carbocycles. The Morgan fingerprint density at radius 2 is 2.33 bits per heavy atom. The van der Waals surface area contributed by atoms with E-state index in [-0.39, 0.29) is 5.91 Å². The SMILES string of the molecule is CN(Cc1ccccn1)C1CCCN(C(=O)C2(O)CCSC2)CC1. The lowest BCUT2D eigenvalue weighted by Crippen LogP contribution is -2.49. The lowest BCUT2D eigenvalue weighted by molar-refractivity contribution is -0.148. The summed E-state index contributed by atoms with van der Waals surface area (Å²) in [6.45, 7) is 2.34. The van der Waals surface area contributed by atoms with Crippen molar-refractivity contribution in [2.24, 2.45) is 0 Å². The molecule has 1 aromatic rings. The predicted octanol–water partition coefficient (Wildman–Crippen LogP) is 1.76. The third-order valence-corrected chi connectivity index (χ3v) is 6.32. The van der Waals surface area contributed by atoms with Crippen LogP contribution in [-0.4, -0.2) is 69.1 Å². The summed E-state index contributed by atoms with van der Waals surface area (Å²) >= 11 is 1.67. The van der Waals surface area contributed by atoms with Crippen LogP contribution >= 0.6 is 11.8 Å². The van der Waals surface area contributed by atoms with Gasteiger partial charge in [0.05, 0.1) is 5.69 Å². The van der Waals surface area contributed by atoms with Gasteiger partial charge in [0, 0.05) is 37.6 Å². The van der Waals surface area contributed by atoms with Gasteiger partial charge in [0.15, 0.2) is 5.60 Å². The van der Waals surface area contributed by atoms with E-state index in [1.54, 1.807) is 11.8 Å². The largest absolute Gasteiger partial charge is 0.379 e. The molecule has 2 aliphatic heterocycles. The molecule has 2 saturated heterocycles. The van der Waals surface area contributed by atoms with E-state index in [0.717, 1.165) is 50.3 Å². The fourth-order valence-electron chi connectivity index (χ4n) is 3.62. The van der Waals surface area contributed by atoms with E-state index in [9.17, 15) is 9.90 Å². The fraction of sp³-hybridized carbons (Fsp3) is 0.667. The molecule has 3 heterocycles. The van der Waals surface area contributed by atoms with Crippen molar-refractivity contribution in [3.05, 3.63) is 30.1 Å². The molecule has 2 fully saturated rings. The summed E-state index contributed by atoms with van der Waals surface area (Å²) in [4.78, 5) is 21.3. The minimum Gasteiger partial charge on any atom is -0.379 e. The minimum absolute atomic E-state index is 0.0551. The van der Waals surface area contributed by atoms with E-state index in [0.29, 0.717) is 18.2 Å². The van der Waals surface area contributed by atoms with Gasteiger partial charge in [-0.05, 0) is 50.6 Å². The first-order chi connectivity index (χ1) is 11.6. The molecule has 0 spiro atoms. The van der Waals surface area contributed by atoms with Crippen molar-refractivity contribution in [2.45, 2.75) is 43.9 Å². The van der Waals surface area contributed by atoms with Crippen LogP contribution in [0.4, 0.5) is 0 Å². The van der Waals surface area contributed by atoms with Crippen LogP contribution in [0.3, 0.4) is 0 Å². The molecule has 1 aromatic heterocycles. The van der Waals surface area contributed by atoms with E-state index in [1.807, 2.05) is 23.2 Å². The Morgan fingerprint density at radius 3 is 3.04 bits per heavy atom. The maximum atomic E-state index is 12.7. The van der Waals surface area contributed by atoms with Gasteiger partial charge in [-0.15, -0.1) is 0 Å². The van der Waals surface area contributed by atoms with Crippen molar-refractivity contribution in [3.63, 3.8) is 0 Å². The van der Waals surface area contributed by atoms with E-state index >= 15 is 0 Å². The van der Waals surface area contributed by atoms with E-state index < -0.39 is 5.60 Å². The highest BCUT2D eigenvalue weighted by Crippen LogP contribution is 2.30. The van der Waals surface area contributed by atoms with Gasteiger partial charge in [-0.25, -0.2) is 0 Å². The van der Waals surface area contributed by atoms with Gasteiger partial charge in [-0.1, -0.05) is 6.07 Å². The fourth-order valence-corrected chi connectivity index (χ4v) is 4.85. The summed E-state index contributed by atoms with van der Waals surface area (Å²) in [5.74, 6) is 1.37. The second-order valence-corrected chi connectivity index (χ2v) is 8.05. The first-order valence-electron chi connectivity index (χ1n) is 8.78. The summed E-state index contributed by atoms with van der Waals surface area (Å²) in [6.07, 6.45) is 5.46. The molecular weight excluding hydrogens is 322 g/mol. The lowest BCUT2D eigenvalue weighted by Gasteiger charge is -2.30. The van der Waals surface area contributed by atoms with E-state index in [2.05, 4.69) is 23.0 Å². The molecule has 24 heavy (non-hydrogen) atoms. The average Bonchev–Trinajstić information content (AvgIpc) is 2.90. The lowest BCUT2D eigenvalue weighted by atomic mass is 10.0. The Balaban J connectivity index is 1.55. The molecule has 0 bridgehead atoms. The Bertz CT molecular complexity index is 548. The number of aliphatic hydroxyl groups is 1. The van der Waals surface area contributed by atoms with Crippen LogP contribution in [0.15, 0.2) is 24.4 Å². The highest BCUT2D eigenvalue weighted by atomic mass is 32.2. The zero-order valence-electron chi connectivity index (χ0n) is 14.4. The zero-order chi connectivity index (χ0) is 17.0. The van der Waals surface area contributed by atoms with Crippen molar-refractivity contribution in [1.82, 2.24) is 14.8 Å². The number of carbonyl (C=O) groups excluding carboxylic acids is 1. The molecule has 1 amide bonds. The van der Waals surface area contributed by atoms with Crippen molar-refractivity contribution < 1.29 is 9.90 Å². The van der Waals surface area contributed by atoms with Crippen molar-refractivity contribution in [3.8, 4) is 0 Å². The second kappa shape index (κ2) is 7.85. The Kier molecular flexibility index (Phi) is 5.79. The minimum atomic E-state index is -1.12. The predicted molar refractivity (Wildman–Crippen MR) is 96.8 cm³/mol. The highest BCUT2D eigenvalue weighted by molar-refractivity contribution is 7.99. The number of aromatic nitrogens is 1. The number of hydrogen-bond donors (Lipinski definition) is 1. The molecule has 2 aliphatic rings. The van der Waals surface area contributed by atoms with Gasteiger partial charge in [0.25, 0.3) is 5.91 Å². The monoisotopic (exact) mass is 349 g/mol. The van der Waals surface area contributed by atoms with Crippen LogP contribution in [0.1, 0.15) is 31.4 Å². The number of carbonyl (C=O) groups is 1. The van der Waals surface area contributed by atoms with Crippen LogP contribution < -0.4 is 0 Å². The number of likely N-dealkylation sites (tertiary alicyclic amines) is 1. The standard InChI is InChI=1S/C18H27N3O2S/c1-20(13-15-5-2-3-9-19-15)16-6-4-10-21(11-7-16)17(22)18(23)8-12-24-14-18/h2-3,5,9,16,23H,4,6-8,10-14H2,1H3. The van der Waals surface area contributed by atoms with Crippen molar-refractivity contribution >= 4 is 17.7 Å². The Morgan fingerprint density at radius 1 is 1.46 bits per heavy atom. The number of nitrogens with zero attached hydrogens (tertiary/aromatic N) is 3. The first kappa shape index (κ1) is 17.7. The maximum Gasteiger partial charge on any atom is 0.255 e. The zero-order valence-corrected chi connectivity index (χ0v) is 15.2. The van der Waals surface area contributed by atoms with Crippen LogP contribution in [0.5, 0.6) is 0 Å². The summed E-state index contributed by atoms with van der Waals surface area (Å²) < 4.78 is 0. The molecule has 3 rings (SSSR count). The van der Waals surface area contributed by atoms with Crippen molar-refractivity contribution in [1.29, 1.82) is 0 Å². The van der Waals surface area contributed by atoms with Gasteiger partial charge in [-0.3, -0.25) is 14.7 Å². The molecule has 0 aromatic carbocycles. The molecule has 2 unspecified atom stereocenters. The molecule has 132 valence electrons. The van der Waals surface area contributed by atoms with Crippen LogP contribution in [0.2, 0.25) is 0 Å².